The van der Waals surface area contributed by atoms with Gasteiger partial charge in [0.15, 0.2) is 6.23 Å². The first-order valence-electron chi connectivity index (χ1n) is 6.95. The second-order valence-electron chi connectivity index (χ2n) is 5.00. The first-order chi connectivity index (χ1) is 9.45. The molecule has 20 heavy (non-hydrogen) atoms. The van der Waals surface area contributed by atoms with Gasteiger partial charge in [-0.15, -0.1) is 0 Å². The second-order valence-corrected chi connectivity index (χ2v) is 5.81. The van der Waals surface area contributed by atoms with Crippen molar-refractivity contribution in [3.8, 4) is 0 Å². The zero-order valence-electron chi connectivity index (χ0n) is 12.3. The number of hydrogen-bond donors (Lipinski definition) is 2. The smallest absolute Gasteiger partial charge is 0.256 e. The molecule has 114 valence electrons. The SMILES string of the molecule is CCCC(O)(CCC)C(=O)NC1=CC(Br)=NC(OC)C1. The van der Waals surface area contributed by atoms with Crippen LogP contribution in [0.2, 0.25) is 0 Å². The Kier molecular flexibility index (Phi) is 6.85. The highest BCUT2D eigenvalue weighted by Crippen LogP contribution is 2.22. The Hall–Kier alpha value is -0.720. The molecule has 1 aliphatic heterocycles. The average molecular weight is 347 g/mol. The Morgan fingerprint density at radius 3 is 2.65 bits per heavy atom. The van der Waals surface area contributed by atoms with Crippen molar-refractivity contribution in [2.24, 2.45) is 4.99 Å². The van der Waals surface area contributed by atoms with E-state index in [0.29, 0.717) is 29.6 Å². The molecule has 0 aromatic heterocycles. The average Bonchev–Trinajstić information content (AvgIpc) is 2.38. The molecule has 1 aliphatic rings. The molecule has 0 saturated heterocycles. The molecule has 1 amide bonds. The van der Waals surface area contributed by atoms with E-state index < -0.39 is 5.60 Å². The largest absolute Gasteiger partial charge is 0.380 e. The molecule has 2 N–H and O–H groups in total. The molecule has 0 aromatic carbocycles. The molecule has 1 rings (SSSR count). The van der Waals surface area contributed by atoms with E-state index in [1.807, 2.05) is 13.8 Å². The number of aliphatic imine (C=N–C) groups is 1. The standard InChI is InChI=1S/C14H23BrN2O3/c1-4-6-14(19,7-5-2)13(18)16-10-8-11(15)17-12(9-10)20-3/h8,12,19H,4-7,9H2,1-3H3,(H,16,18). The zero-order valence-corrected chi connectivity index (χ0v) is 13.9. The molecule has 5 nitrogen and oxygen atoms in total. The normalized spacial score (nSPS) is 19.4. The molecule has 1 heterocycles. The number of nitrogens with zero attached hydrogens (tertiary/aromatic N) is 1. The fraction of sp³-hybridized carbons (Fsp3) is 0.714. The predicted molar refractivity (Wildman–Crippen MR) is 82.8 cm³/mol. The van der Waals surface area contributed by atoms with Gasteiger partial charge in [0.2, 0.25) is 0 Å². The van der Waals surface area contributed by atoms with Crippen molar-refractivity contribution in [1.82, 2.24) is 5.32 Å². The summed E-state index contributed by atoms with van der Waals surface area (Å²) < 4.78 is 5.81. The van der Waals surface area contributed by atoms with Crippen LogP contribution in [-0.2, 0) is 9.53 Å². The highest BCUT2D eigenvalue weighted by molar-refractivity contribution is 9.18. The molecule has 0 aromatic rings. The number of halogens is 1. The van der Waals surface area contributed by atoms with E-state index in [-0.39, 0.29) is 12.1 Å². The first kappa shape index (κ1) is 17.3. The lowest BCUT2D eigenvalue weighted by atomic mass is 9.91. The van der Waals surface area contributed by atoms with E-state index in [1.54, 1.807) is 13.2 Å². The number of rotatable bonds is 7. The van der Waals surface area contributed by atoms with Crippen LogP contribution in [0.1, 0.15) is 46.0 Å². The molecular weight excluding hydrogens is 324 g/mol. The van der Waals surface area contributed by atoms with Gasteiger partial charge in [0.1, 0.15) is 10.2 Å². The summed E-state index contributed by atoms with van der Waals surface area (Å²) in [4.78, 5) is 16.5. The van der Waals surface area contributed by atoms with Crippen molar-refractivity contribution in [3.05, 3.63) is 11.8 Å². The second kappa shape index (κ2) is 7.90. The fourth-order valence-corrected chi connectivity index (χ4v) is 2.78. The van der Waals surface area contributed by atoms with Gasteiger partial charge < -0.3 is 15.2 Å². The predicted octanol–water partition coefficient (Wildman–Crippen LogP) is 2.49. The Bertz CT molecular complexity index is 401. The maximum absolute atomic E-state index is 12.3. The van der Waals surface area contributed by atoms with Crippen LogP contribution in [0.3, 0.4) is 0 Å². The van der Waals surface area contributed by atoms with Crippen LogP contribution in [0.15, 0.2) is 16.8 Å². The number of aliphatic hydroxyl groups is 1. The highest BCUT2D eigenvalue weighted by atomic mass is 79.9. The topological polar surface area (TPSA) is 70.9 Å². The third kappa shape index (κ3) is 4.68. The molecule has 0 saturated carbocycles. The Morgan fingerprint density at radius 2 is 2.15 bits per heavy atom. The van der Waals surface area contributed by atoms with Crippen molar-refractivity contribution in [3.63, 3.8) is 0 Å². The number of ether oxygens (including phenoxy) is 1. The summed E-state index contributed by atoms with van der Waals surface area (Å²) in [7, 11) is 1.57. The van der Waals surface area contributed by atoms with E-state index in [9.17, 15) is 9.90 Å². The fourth-order valence-electron chi connectivity index (χ4n) is 2.28. The lowest BCUT2D eigenvalue weighted by Crippen LogP contribution is -2.47. The molecule has 0 bridgehead atoms. The van der Waals surface area contributed by atoms with Gasteiger partial charge in [-0.1, -0.05) is 26.7 Å². The van der Waals surface area contributed by atoms with Gasteiger partial charge in [0, 0.05) is 19.2 Å². The van der Waals surface area contributed by atoms with Gasteiger partial charge in [0.05, 0.1) is 0 Å². The van der Waals surface area contributed by atoms with Crippen molar-refractivity contribution in [2.75, 3.05) is 7.11 Å². The lowest BCUT2D eigenvalue weighted by Gasteiger charge is -2.28. The third-order valence-electron chi connectivity index (χ3n) is 3.25. The highest BCUT2D eigenvalue weighted by Gasteiger charge is 2.34. The minimum atomic E-state index is -1.30. The molecular formula is C14H23BrN2O3. The summed E-state index contributed by atoms with van der Waals surface area (Å²) in [6.45, 7) is 3.91. The number of dihydropyridines is 1. The van der Waals surface area contributed by atoms with Crippen LogP contribution in [-0.4, -0.2) is 34.6 Å². The van der Waals surface area contributed by atoms with Gasteiger partial charge in [0.25, 0.3) is 5.91 Å². The number of allylic oxidation sites excluding steroid dienone is 1. The molecule has 0 radical (unpaired) electrons. The number of hydrogen-bond acceptors (Lipinski definition) is 4. The minimum Gasteiger partial charge on any atom is -0.380 e. The van der Waals surface area contributed by atoms with E-state index in [2.05, 4.69) is 26.2 Å². The van der Waals surface area contributed by atoms with Gasteiger partial charge in [-0.05, 0) is 34.8 Å². The van der Waals surface area contributed by atoms with Crippen LogP contribution in [0.5, 0.6) is 0 Å². The van der Waals surface area contributed by atoms with E-state index in [0.717, 1.165) is 12.8 Å². The Morgan fingerprint density at radius 1 is 1.55 bits per heavy atom. The number of nitrogens with one attached hydrogen (secondary N) is 1. The molecule has 0 spiro atoms. The third-order valence-corrected chi connectivity index (χ3v) is 3.68. The van der Waals surface area contributed by atoms with Gasteiger partial charge in [-0.25, -0.2) is 4.99 Å². The molecule has 0 fully saturated rings. The Labute approximate surface area is 128 Å². The number of carbonyl (C=O) groups excluding carboxylic acids is 1. The van der Waals surface area contributed by atoms with Gasteiger partial charge in [-0.2, -0.15) is 0 Å². The monoisotopic (exact) mass is 346 g/mol. The molecule has 1 unspecified atom stereocenters. The maximum atomic E-state index is 12.3. The van der Waals surface area contributed by atoms with Crippen LogP contribution in [0.25, 0.3) is 0 Å². The number of methoxy groups -OCH3 is 1. The van der Waals surface area contributed by atoms with Crippen LogP contribution < -0.4 is 5.32 Å². The number of amides is 1. The van der Waals surface area contributed by atoms with Crippen molar-refractivity contribution in [2.45, 2.75) is 57.8 Å². The maximum Gasteiger partial charge on any atom is 0.256 e. The van der Waals surface area contributed by atoms with Crippen LogP contribution in [0.4, 0.5) is 0 Å². The van der Waals surface area contributed by atoms with E-state index >= 15 is 0 Å². The first-order valence-corrected chi connectivity index (χ1v) is 7.75. The summed E-state index contributed by atoms with van der Waals surface area (Å²) in [5, 5.41) is 13.3. The lowest BCUT2D eigenvalue weighted by molar-refractivity contribution is -0.140. The molecule has 0 aliphatic carbocycles. The molecule has 6 heteroatoms. The van der Waals surface area contributed by atoms with Crippen molar-refractivity contribution < 1.29 is 14.6 Å². The zero-order chi connectivity index (χ0) is 15.2. The quantitative estimate of drug-likeness (QED) is 0.743. The van der Waals surface area contributed by atoms with Gasteiger partial charge in [-0.3, -0.25) is 4.79 Å². The van der Waals surface area contributed by atoms with E-state index in [1.165, 1.54) is 0 Å². The summed E-state index contributed by atoms with van der Waals surface area (Å²) in [5.74, 6) is -0.343. The molecule has 1 atom stereocenters. The van der Waals surface area contributed by atoms with Crippen molar-refractivity contribution in [1.29, 1.82) is 0 Å². The summed E-state index contributed by atoms with van der Waals surface area (Å²) in [6, 6.07) is 0. The number of carbonyl (C=O) groups is 1. The minimum absolute atomic E-state index is 0.310. The summed E-state index contributed by atoms with van der Waals surface area (Å²) in [5.41, 5.74) is -0.595. The summed E-state index contributed by atoms with van der Waals surface area (Å²) in [6.07, 6.45) is 4.36. The van der Waals surface area contributed by atoms with Crippen LogP contribution in [0, 0.1) is 0 Å². The Balaban J connectivity index is 2.76. The summed E-state index contributed by atoms with van der Waals surface area (Å²) >= 11 is 3.29. The van der Waals surface area contributed by atoms with Gasteiger partial charge >= 0.3 is 0 Å². The van der Waals surface area contributed by atoms with E-state index in [4.69, 9.17) is 4.74 Å². The van der Waals surface area contributed by atoms with Crippen LogP contribution >= 0.6 is 15.9 Å². The van der Waals surface area contributed by atoms with Crippen molar-refractivity contribution >= 4 is 26.5 Å².